The molecule has 0 unspecified atom stereocenters. The van der Waals surface area contributed by atoms with Crippen LogP contribution >= 0.6 is 0 Å². The summed E-state index contributed by atoms with van der Waals surface area (Å²) in [6.45, 7) is 10.3. The molecule has 0 aliphatic rings. The summed E-state index contributed by atoms with van der Waals surface area (Å²) in [5.41, 5.74) is 2.44. The third kappa shape index (κ3) is 1.73. The first-order chi connectivity index (χ1) is 5.11. The summed E-state index contributed by atoms with van der Waals surface area (Å²) in [4.78, 5) is 0. The summed E-state index contributed by atoms with van der Waals surface area (Å²) in [6.07, 6.45) is 4.19. The van der Waals surface area contributed by atoms with Gasteiger partial charge in [-0.3, -0.25) is 0 Å². The monoisotopic (exact) mass is 149 g/mol. The van der Waals surface area contributed by atoms with Crippen molar-refractivity contribution < 1.29 is 0 Å². The van der Waals surface area contributed by atoms with Crippen LogP contribution in [-0.2, 0) is 0 Å². The topological polar surface area (TPSA) is 4.93 Å². The molecule has 1 heterocycles. The Morgan fingerprint density at radius 2 is 2.18 bits per heavy atom. The molecule has 1 heteroatoms. The van der Waals surface area contributed by atoms with Crippen molar-refractivity contribution in [3.63, 3.8) is 0 Å². The minimum absolute atomic E-state index is 0.607. The van der Waals surface area contributed by atoms with Crippen molar-refractivity contribution in [2.75, 3.05) is 0 Å². The molecule has 0 atom stereocenters. The molecule has 11 heavy (non-hydrogen) atoms. The van der Waals surface area contributed by atoms with Crippen LogP contribution in [0.25, 0.3) is 5.70 Å². The first-order valence-electron chi connectivity index (χ1n) is 3.95. The van der Waals surface area contributed by atoms with E-state index in [1.807, 2.05) is 6.92 Å². The predicted octanol–water partition coefficient (Wildman–Crippen LogP) is 3.10. The second kappa shape index (κ2) is 2.95. The minimum Gasteiger partial charge on any atom is -0.328 e. The molecule has 0 fully saturated rings. The smallest absolute Gasteiger partial charge is 0.0120 e. The van der Waals surface area contributed by atoms with Crippen molar-refractivity contribution in [1.29, 1.82) is 0 Å². The third-order valence-corrected chi connectivity index (χ3v) is 1.82. The molecule has 0 aromatic carbocycles. The van der Waals surface area contributed by atoms with Crippen LogP contribution in [0.5, 0.6) is 0 Å². The number of hydrogen-bond donors (Lipinski definition) is 0. The summed E-state index contributed by atoms with van der Waals surface area (Å²) < 4.78 is 2.05. The van der Waals surface area contributed by atoms with E-state index in [1.165, 1.54) is 5.56 Å². The van der Waals surface area contributed by atoms with Gasteiger partial charge in [0.15, 0.2) is 0 Å². The second-order valence-corrected chi connectivity index (χ2v) is 3.24. The molecule has 0 radical (unpaired) electrons. The average molecular weight is 149 g/mol. The summed E-state index contributed by atoms with van der Waals surface area (Å²) >= 11 is 0. The maximum Gasteiger partial charge on any atom is 0.0120 e. The Kier molecular flexibility index (Phi) is 2.18. The molecule has 60 valence electrons. The zero-order valence-electron chi connectivity index (χ0n) is 7.46. The molecule has 1 nitrogen and oxygen atoms in total. The van der Waals surface area contributed by atoms with Gasteiger partial charge in [-0.2, -0.15) is 0 Å². The largest absolute Gasteiger partial charge is 0.328 e. The Morgan fingerprint density at radius 1 is 1.55 bits per heavy atom. The number of rotatable bonds is 2. The van der Waals surface area contributed by atoms with Gasteiger partial charge in [-0.1, -0.05) is 20.4 Å². The summed E-state index contributed by atoms with van der Waals surface area (Å²) in [5, 5.41) is 0. The Balaban J connectivity index is 2.90. The summed E-state index contributed by atoms with van der Waals surface area (Å²) in [7, 11) is 0. The predicted molar refractivity (Wildman–Crippen MR) is 49.5 cm³/mol. The molecule has 1 rings (SSSR count). The van der Waals surface area contributed by atoms with E-state index in [0.29, 0.717) is 5.92 Å². The van der Waals surface area contributed by atoms with E-state index < -0.39 is 0 Å². The molecule has 0 bridgehead atoms. The third-order valence-electron chi connectivity index (χ3n) is 1.82. The fourth-order valence-corrected chi connectivity index (χ4v) is 0.992. The van der Waals surface area contributed by atoms with Crippen molar-refractivity contribution in [2.45, 2.75) is 26.7 Å². The van der Waals surface area contributed by atoms with E-state index in [9.17, 15) is 0 Å². The fraction of sp³-hybridized carbons (Fsp3) is 0.400. The molecule has 0 saturated heterocycles. The molecule has 1 aromatic heterocycles. The van der Waals surface area contributed by atoms with Crippen LogP contribution in [0.2, 0.25) is 0 Å². The molecule has 0 saturated carbocycles. The highest BCUT2D eigenvalue weighted by Crippen LogP contribution is 2.15. The number of hydrogen-bond acceptors (Lipinski definition) is 0. The highest BCUT2D eigenvalue weighted by atomic mass is 14.9. The van der Waals surface area contributed by atoms with Gasteiger partial charge in [0, 0.05) is 18.1 Å². The van der Waals surface area contributed by atoms with Crippen LogP contribution in [0.4, 0.5) is 0 Å². The van der Waals surface area contributed by atoms with Crippen LogP contribution in [0.15, 0.2) is 25.0 Å². The van der Waals surface area contributed by atoms with Gasteiger partial charge in [-0.25, -0.2) is 0 Å². The maximum atomic E-state index is 3.86. The fourth-order valence-electron chi connectivity index (χ4n) is 0.992. The van der Waals surface area contributed by atoms with E-state index in [-0.39, 0.29) is 0 Å². The molecule has 1 aromatic rings. The standard InChI is InChI=1S/C10H15N/c1-8(2)10-5-6-11(7-10)9(3)4/h5-8H,3H2,1-2,4H3. The van der Waals surface area contributed by atoms with Gasteiger partial charge in [-0.05, 0) is 24.5 Å². The van der Waals surface area contributed by atoms with Gasteiger partial charge < -0.3 is 4.57 Å². The first-order valence-corrected chi connectivity index (χ1v) is 3.95. The number of nitrogens with zero attached hydrogens (tertiary/aromatic N) is 1. The maximum absolute atomic E-state index is 3.86. The normalized spacial score (nSPS) is 10.5. The average Bonchev–Trinajstić information content (AvgIpc) is 2.33. The first kappa shape index (κ1) is 8.12. The molecule has 0 spiro atoms. The highest BCUT2D eigenvalue weighted by Gasteiger charge is 2.00. The minimum atomic E-state index is 0.607. The van der Waals surface area contributed by atoms with Crippen LogP contribution in [0.3, 0.4) is 0 Å². The van der Waals surface area contributed by atoms with Crippen molar-refractivity contribution >= 4 is 5.70 Å². The molecular weight excluding hydrogens is 134 g/mol. The molecule has 0 amide bonds. The van der Waals surface area contributed by atoms with Gasteiger partial charge in [0.1, 0.15) is 0 Å². The Bertz CT molecular complexity index is 256. The number of aromatic nitrogens is 1. The summed E-state index contributed by atoms with van der Waals surface area (Å²) in [6, 6.07) is 2.14. The van der Waals surface area contributed by atoms with Crippen LogP contribution in [-0.4, -0.2) is 4.57 Å². The van der Waals surface area contributed by atoms with Crippen molar-refractivity contribution in [2.24, 2.45) is 0 Å². The van der Waals surface area contributed by atoms with Crippen LogP contribution < -0.4 is 0 Å². The SMILES string of the molecule is C=C(C)n1ccc(C(C)C)c1. The van der Waals surface area contributed by atoms with E-state index in [4.69, 9.17) is 0 Å². The lowest BCUT2D eigenvalue weighted by molar-refractivity contribution is 0.864. The van der Waals surface area contributed by atoms with Gasteiger partial charge in [0.2, 0.25) is 0 Å². The van der Waals surface area contributed by atoms with E-state index >= 15 is 0 Å². The van der Waals surface area contributed by atoms with E-state index in [0.717, 1.165) is 5.70 Å². The molecule has 0 aliphatic carbocycles. The molecule has 0 aliphatic heterocycles. The van der Waals surface area contributed by atoms with Crippen molar-refractivity contribution in [3.8, 4) is 0 Å². The lowest BCUT2D eigenvalue weighted by Crippen LogP contribution is -1.87. The zero-order valence-corrected chi connectivity index (χ0v) is 7.46. The molecule has 0 N–H and O–H groups in total. The lowest BCUT2D eigenvalue weighted by Gasteiger charge is -2.00. The second-order valence-electron chi connectivity index (χ2n) is 3.24. The van der Waals surface area contributed by atoms with E-state index in [2.05, 4.69) is 43.5 Å². The number of allylic oxidation sites excluding steroid dienone is 1. The molecular formula is C10H15N. The van der Waals surface area contributed by atoms with Crippen molar-refractivity contribution in [3.05, 3.63) is 30.6 Å². The lowest BCUT2D eigenvalue weighted by atomic mass is 10.1. The Hall–Kier alpha value is -0.980. The van der Waals surface area contributed by atoms with Gasteiger partial charge >= 0.3 is 0 Å². The van der Waals surface area contributed by atoms with Crippen molar-refractivity contribution in [1.82, 2.24) is 4.57 Å². The van der Waals surface area contributed by atoms with Gasteiger partial charge in [0.25, 0.3) is 0 Å². The quantitative estimate of drug-likeness (QED) is 0.609. The Morgan fingerprint density at radius 3 is 2.45 bits per heavy atom. The Labute approximate surface area is 68.4 Å². The van der Waals surface area contributed by atoms with E-state index in [1.54, 1.807) is 0 Å². The van der Waals surface area contributed by atoms with Crippen LogP contribution in [0, 0.1) is 0 Å². The highest BCUT2D eigenvalue weighted by molar-refractivity contribution is 5.39. The summed E-state index contributed by atoms with van der Waals surface area (Å²) in [5.74, 6) is 0.607. The van der Waals surface area contributed by atoms with Gasteiger partial charge in [0.05, 0.1) is 0 Å². The zero-order chi connectivity index (χ0) is 8.43. The van der Waals surface area contributed by atoms with Gasteiger partial charge in [-0.15, -0.1) is 0 Å². The van der Waals surface area contributed by atoms with Crippen LogP contribution in [0.1, 0.15) is 32.3 Å².